The van der Waals surface area contributed by atoms with Crippen molar-refractivity contribution in [1.82, 2.24) is 4.90 Å². The van der Waals surface area contributed by atoms with Crippen LogP contribution in [0.5, 0.6) is 0 Å². The average Bonchev–Trinajstić information content (AvgIpc) is 2.46. The zero-order chi connectivity index (χ0) is 16.4. The molecule has 2 amide bonds. The maximum absolute atomic E-state index is 12.1. The summed E-state index contributed by atoms with van der Waals surface area (Å²) in [6.45, 7) is 4.32. The van der Waals surface area contributed by atoms with E-state index in [9.17, 15) is 14.7 Å². The largest absolute Gasteiger partial charge is 0.391 e. The second-order valence-corrected chi connectivity index (χ2v) is 6.43. The third-order valence-electron chi connectivity index (χ3n) is 3.90. The molecule has 0 aliphatic carbocycles. The average molecular weight is 345 g/mol. The Labute approximate surface area is 139 Å². The first-order valence-electron chi connectivity index (χ1n) is 7.03. The van der Waals surface area contributed by atoms with Crippen LogP contribution in [0, 0.1) is 12.8 Å². The number of aryl methyl sites for hydroxylation is 1. The highest BCUT2D eigenvalue weighted by molar-refractivity contribution is 6.42. The Bertz CT molecular complexity index is 607. The van der Waals surface area contributed by atoms with Crippen molar-refractivity contribution >= 4 is 40.7 Å². The van der Waals surface area contributed by atoms with Gasteiger partial charge in [-0.05, 0) is 37.0 Å². The van der Waals surface area contributed by atoms with Crippen molar-refractivity contribution in [2.24, 2.45) is 5.92 Å². The van der Waals surface area contributed by atoms with Crippen molar-refractivity contribution < 1.29 is 14.7 Å². The smallest absolute Gasteiger partial charge is 0.313 e. The van der Waals surface area contributed by atoms with Gasteiger partial charge >= 0.3 is 11.8 Å². The molecule has 2 atom stereocenters. The summed E-state index contributed by atoms with van der Waals surface area (Å²) in [5.41, 5.74) is 1.07. The summed E-state index contributed by atoms with van der Waals surface area (Å²) in [7, 11) is 0. The zero-order valence-electron chi connectivity index (χ0n) is 12.4. The highest BCUT2D eigenvalue weighted by atomic mass is 35.5. The van der Waals surface area contributed by atoms with Gasteiger partial charge in [0.2, 0.25) is 0 Å². The number of amides is 2. The molecule has 0 saturated carbocycles. The predicted molar refractivity (Wildman–Crippen MR) is 86.2 cm³/mol. The van der Waals surface area contributed by atoms with Gasteiger partial charge in [-0.1, -0.05) is 30.1 Å². The third kappa shape index (κ3) is 3.72. The highest BCUT2D eigenvalue weighted by Crippen LogP contribution is 2.29. The van der Waals surface area contributed by atoms with Gasteiger partial charge in [0.1, 0.15) is 0 Å². The van der Waals surface area contributed by atoms with Gasteiger partial charge in [-0.15, -0.1) is 0 Å². The molecular weight excluding hydrogens is 327 g/mol. The lowest BCUT2D eigenvalue weighted by Crippen LogP contribution is -2.49. The standard InChI is InChI=1S/C15H18Cl2N2O3/c1-8-3-4-19(7-13(8)20)15(22)14(21)18-12-6-10(16)9(2)5-11(12)17/h5-6,8,13,20H,3-4,7H2,1-2H3,(H,18,21). The van der Waals surface area contributed by atoms with Crippen LogP contribution >= 0.6 is 23.2 Å². The van der Waals surface area contributed by atoms with Crippen LogP contribution in [0.2, 0.25) is 10.0 Å². The quantitative estimate of drug-likeness (QED) is 0.769. The molecule has 1 saturated heterocycles. The molecule has 2 rings (SSSR count). The first-order chi connectivity index (χ1) is 10.3. The Kier molecular flexibility index (Phi) is 5.32. The Morgan fingerprint density at radius 1 is 1.32 bits per heavy atom. The van der Waals surface area contributed by atoms with Crippen LogP contribution in [-0.2, 0) is 9.59 Å². The van der Waals surface area contributed by atoms with Crippen LogP contribution in [0.1, 0.15) is 18.9 Å². The number of rotatable bonds is 1. The number of hydrogen-bond acceptors (Lipinski definition) is 3. The van der Waals surface area contributed by atoms with Gasteiger partial charge in [-0.25, -0.2) is 0 Å². The van der Waals surface area contributed by atoms with E-state index < -0.39 is 17.9 Å². The van der Waals surface area contributed by atoms with Gasteiger partial charge in [0.25, 0.3) is 0 Å². The number of hydrogen-bond donors (Lipinski definition) is 2. The maximum Gasteiger partial charge on any atom is 0.313 e. The van der Waals surface area contributed by atoms with E-state index in [1.165, 1.54) is 11.0 Å². The first kappa shape index (κ1) is 17.1. The van der Waals surface area contributed by atoms with E-state index in [4.69, 9.17) is 23.2 Å². The summed E-state index contributed by atoms with van der Waals surface area (Å²) in [4.78, 5) is 25.6. The van der Waals surface area contributed by atoms with E-state index in [0.717, 1.165) is 5.56 Å². The zero-order valence-corrected chi connectivity index (χ0v) is 13.9. The number of carbonyl (C=O) groups excluding carboxylic acids is 2. The SMILES string of the molecule is Cc1cc(Cl)c(NC(=O)C(=O)N2CCC(C)C(O)C2)cc1Cl. The molecule has 1 aliphatic rings. The Hall–Kier alpha value is -1.30. The number of likely N-dealkylation sites (tertiary alicyclic amines) is 1. The van der Waals surface area contributed by atoms with E-state index in [2.05, 4.69) is 5.32 Å². The molecule has 1 fully saturated rings. The molecule has 0 spiro atoms. The third-order valence-corrected chi connectivity index (χ3v) is 4.62. The van der Waals surface area contributed by atoms with Gasteiger partial charge in [0, 0.05) is 18.1 Å². The molecule has 0 bridgehead atoms. The summed E-state index contributed by atoms with van der Waals surface area (Å²) >= 11 is 12.0. The summed E-state index contributed by atoms with van der Waals surface area (Å²) < 4.78 is 0. The lowest BCUT2D eigenvalue weighted by atomic mass is 9.96. The van der Waals surface area contributed by atoms with Crippen molar-refractivity contribution in [3.8, 4) is 0 Å². The number of carbonyl (C=O) groups is 2. The number of aliphatic hydroxyl groups excluding tert-OH is 1. The summed E-state index contributed by atoms with van der Waals surface area (Å²) in [5, 5.41) is 13.1. The topological polar surface area (TPSA) is 69.6 Å². The van der Waals surface area contributed by atoms with Gasteiger partial charge in [-0.2, -0.15) is 0 Å². The van der Waals surface area contributed by atoms with E-state index >= 15 is 0 Å². The monoisotopic (exact) mass is 344 g/mol. The Morgan fingerprint density at radius 2 is 2.00 bits per heavy atom. The number of anilines is 1. The normalized spacial score (nSPS) is 21.6. The number of nitrogens with zero attached hydrogens (tertiary/aromatic N) is 1. The molecule has 120 valence electrons. The molecule has 1 heterocycles. The minimum Gasteiger partial charge on any atom is -0.391 e. The van der Waals surface area contributed by atoms with E-state index in [0.29, 0.717) is 28.7 Å². The summed E-state index contributed by atoms with van der Waals surface area (Å²) in [6, 6.07) is 3.13. The van der Waals surface area contributed by atoms with Crippen molar-refractivity contribution in [2.75, 3.05) is 18.4 Å². The molecule has 0 aromatic heterocycles. The molecule has 5 nitrogen and oxygen atoms in total. The first-order valence-corrected chi connectivity index (χ1v) is 7.79. The van der Waals surface area contributed by atoms with E-state index in [1.807, 2.05) is 6.92 Å². The lowest BCUT2D eigenvalue weighted by Gasteiger charge is -2.33. The number of β-amino-alcohol motifs (C(OH)–C–C–N with tert-alkyl or cyclic N) is 1. The van der Waals surface area contributed by atoms with Gasteiger partial charge in [0.05, 0.1) is 16.8 Å². The van der Waals surface area contributed by atoms with E-state index in [-0.39, 0.29) is 12.5 Å². The fraction of sp³-hybridized carbons (Fsp3) is 0.467. The second kappa shape index (κ2) is 6.86. The summed E-state index contributed by atoms with van der Waals surface area (Å²) in [5.74, 6) is -1.35. The van der Waals surface area contributed by atoms with Crippen molar-refractivity contribution in [2.45, 2.75) is 26.4 Å². The second-order valence-electron chi connectivity index (χ2n) is 5.62. The van der Waals surface area contributed by atoms with Crippen molar-refractivity contribution in [3.63, 3.8) is 0 Å². The minimum absolute atomic E-state index is 0.123. The fourth-order valence-corrected chi connectivity index (χ4v) is 2.72. The van der Waals surface area contributed by atoms with Crippen LogP contribution in [-0.4, -0.2) is 41.0 Å². The minimum atomic E-state index is -0.788. The van der Waals surface area contributed by atoms with Gasteiger partial charge in [-0.3, -0.25) is 9.59 Å². The molecule has 1 aromatic carbocycles. The fourth-order valence-electron chi connectivity index (χ4n) is 2.29. The Morgan fingerprint density at radius 3 is 2.64 bits per heavy atom. The van der Waals surface area contributed by atoms with Gasteiger partial charge in [0.15, 0.2) is 0 Å². The van der Waals surface area contributed by atoms with Crippen molar-refractivity contribution in [3.05, 3.63) is 27.7 Å². The molecule has 1 aliphatic heterocycles. The molecule has 0 radical (unpaired) electrons. The van der Waals surface area contributed by atoms with Gasteiger partial charge < -0.3 is 15.3 Å². The van der Waals surface area contributed by atoms with Crippen LogP contribution in [0.15, 0.2) is 12.1 Å². The van der Waals surface area contributed by atoms with Crippen molar-refractivity contribution in [1.29, 1.82) is 0 Å². The van der Waals surface area contributed by atoms with Crippen LogP contribution < -0.4 is 5.32 Å². The molecule has 1 aromatic rings. The lowest BCUT2D eigenvalue weighted by molar-refractivity contribution is -0.146. The highest BCUT2D eigenvalue weighted by Gasteiger charge is 2.30. The molecule has 7 heteroatoms. The number of benzene rings is 1. The predicted octanol–water partition coefficient (Wildman–Crippen LogP) is 2.47. The Balaban J connectivity index is 2.06. The molecule has 2 unspecified atom stereocenters. The maximum atomic E-state index is 12.1. The van der Waals surface area contributed by atoms with Crippen LogP contribution in [0.3, 0.4) is 0 Å². The molecule has 22 heavy (non-hydrogen) atoms. The van der Waals surface area contributed by atoms with E-state index in [1.54, 1.807) is 13.0 Å². The molecular formula is C15H18Cl2N2O3. The van der Waals surface area contributed by atoms with Crippen LogP contribution in [0.4, 0.5) is 5.69 Å². The number of nitrogens with one attached hydrogen (secondary N) is 1. The number of piperidine rings is 1. The number of aliphatic hydroxyl groups is 1. The summed E-state index contributed by atoms with van der Waals surface area (Å²) in [6.07, 6.45) is 0.0556. The molecule has 2 N–H and O–H groups in total. The van der Waals surface area contributed by atoms with Crippen LogP contribution in [0.25, 0.3) is 0 Å². The number of halogens is 2.